The number of halogens is 3. The minimum atomic E-state index is -4.39. The molecule has 4 rings (SSSR count). The van der Waals surface area contributed by atoms with Gasteiger partial charge in [-0.1, -0.05) is 36.4 Å². The molecule has 1 saturated heterocycles. The molecule has 0 N–H and O–H groups in total. The van der Waals surface area contributed by atoms with Crippen molar-refractivity contribution in [1.29, 1.82) is 0 Å². The summed E-state index contributed by atoms with van der Waals surface area (Å²) in [5.74, 6) is 0. The van der Waals surface area contributed by atoms with Gasteiger partial charge in [0.15, 0.2) is 6.10 Å². The van der Waals surface area contributed by atoms with Crippen LogP contribution in [0.5, 0.6) is 0 Å². The SMILES string of the molecule is FC(F)(F)C1OC2CCCCN2c2c1ccc1ccccc21. The number of fused-ring (bicyclic) bond motifs is 5. The van der Waals surface area contributed by atoms with Crippen LogP contribution in [0.25, 0.3) is 10.8 Å². The standard InChI is InChI=1S/C17H16F3NO/c18-17(19,20)16-13-9-8-11-5-1-2-6-12(11)15(13)21-10-4-3-7-14(21)22-16/h1-2,5-6,8-9,14,16H,3-4,7,10H2. The highest BCUT2D eigenvalue weighted by molar-refractivity contribution is 5.96. The number of benzene rings is 2. The van der Waals surface area contributed by atoms with Crippen LogP contribution in [0.4, 0.5) is 18.9 Å². The Balaban J connectivity index is 1.97. The molecule has 2 unspecified atom stereocenters. The predicted octanol–water partition coefficient (Wildman–Crippen LogP) is 4.79. The Morgan fingerprint density at radius 3 is 2.68 bits per heavy atom. The Labute approximate surface area is 126 Å². The molecule has 1 fully saturated rings. The molecule has 5 heteroatoms. The fourth-order valence-corrected chi connectivity index (χ4v) is 3.59. The number of hydrogen-bond acceptors (Lipinski definition) is 2. The van der Waals surface area contributed by atoms with Crippen LogP contribution in [-0.4, -0.2) is 18.9 Å². The lowest BCUT2D eigenvalue weighted by Crippen LogP contribution is -2.48. The second kappa shape index (κ2) is 4.88. The van der Waals surface area contributed by atoms with E-state index in [0.29, 0.717) is 12.1 Å². The highest BCUT2D eigenvalue weighted by atomic mass is 19.4. The van der Waals surface area contributed by atoms with Gasteiger partial charge in [0.1, 0.15) is 6.23 Å². The lowest BCUT2D eigenvalue weighted by molar-refractivity contribution is -0.241. The van der Waals surface area contributed by atoms with E-state index in [-0.39, 0.29) is 5.56 Å². The Morgan fingerprint density at radius 1 is 1.05 bits per heavy atom. The highest BCUT2D eigenvalue weighted by Gasteiger charge is 2.49. The number of anilines is 1. The number of rotatable bonds is 0. The van der Waals surface area contributed by atoms with Crippen LogP contribution < -0.4 is 4.90 Å². The molecule has 2 aromatic rings. The van der Waals surface area contributed by atoms with Gasteiger partial charge in [-0.25, -0.2) is 0 Å². The third-order valence-corrected chi connectivity index (χ3v) is 4.54. The first kappa shape index (κ1) is 13.9. The Morgan fingerprint density at radius 2 is 1.86 bits per heavy atom. The molecule has 2 aliphatic rings. The summed E-state index contributed by atoms with van der Waals surface area (Å²) in [6, 6.07) is 10.9. The van der Waals surface area contributed by atoms with Crippen LogP contribution in [0.3, 0.4) is 0 Å². The third-order valence-electron chi connectivity index (χ3n) is 4.54. The molecular weight excluding hydrogens is 291 g/mol. The zero-order chi connectivity index (χ0) is 15.3. The first-order chi connectivity index (χ1) is 10.6. The van der Waals surface area contributed by atoms with E-state index in [4.69, 9.17) is 4.74 Å². The van der Waals surface area contributed by atoms with Gasteiger partial charge in [0.05, 0.1) is 5.69 Å². The largest absolute Gasteiger partial charge is 0.419 e. The lowest BCUT2D eigenvalue weighted by Gasteiger charge is -2.45. The molecule has 0 spiro atoms. The van der Waals surface area contributed by atoms with E-state index in [1.54, 1.807) is 12.1 Å². The first-order valence-corrected chi connectivity index (χ1v) is 7.56. The number of hydrogen-bond donors (Lipinski definition) is 0. The number of nitrogens with zero attached hydrogens (tertiary/aromatic N) is 1. The number of ether oxygens (including phenoxy) is 1. The molecule has 22 heavy (non-hydrogen) atoms. The van der Waals surface area contributed by atoms with Gasteiger partial charge in [-0.15, -0.1) is 0 Å². The predicted molar refractivity (Wildman–Crippen MR) is 78.8 cm³/mol. The average Bonchev–Trinajstić information content (AvgIpc) is 2.52. The topological polar surface area (TPSA) is 12.5 Å². The zero-order valence-electron chi connectivity index (χ0n) is 11.9. The van der Waals surface area contributed by atoms with Gasteiger partial charge in [0.25, 0.3) is 0 Å². The molecule has 0 saturated carbocycles. The van der Waals surface area contributed by atoms with Gasteiger partial charge in [-0.05, 0) is 24.6 Å². The van der Waals surface area contributed by atoms with Gasteiger partial charge in [0.2, 0.25) is 0 Å². The first-order valence-electron chi connectivity index (χ1n) is 7.56. The summed E-state index contributed by atoms with van der Waals surface area (Å²) < 4.78 is 45.7. The average molecular weight is 307 g/mol. The Kier molecular flexibility index (Phi) is 3.08. The normalized spacial score (nSPS) is 25.0. The second-order valence-electron chi connectivity index (χ2n) is 5.93. The summed E-state index contributed by atoms with van der Waals surface area (Å²) in [5, 5.41) is 1.85. The van der Waals surface area contributed by atoms with Crippen LogP contribution in [0.15, 0.2) is 36.4 Å². The van der Waals surface area contributed by atoms with Crippen LogP contribution in [-0.2, 0) is 4.74 Å². The van der Waals surface area contributed by atoms with Crippen molar-refractivity contribution in [2.24, 2.45) is 0 Å². The van der Waals surface area contributed by atoms with Crippen molar-refractivity contribution < 1.29 is 17.9 Å². The number of piperidine rings is 1. The Hall–Kier alpha value is -1.75. The minimum absolute atomic E-state index is 0.240. The van der Waals surface area contributed by atoms with Crippen molar-refractivity contribution in [3.05, 3.63) is 42.0 Å². The monoisotopic (exact) mass is 307 g/mol. The van der Waals surface area contributed by atoms with Crippen LogP contribution >= 0.6 is 0 Å². The number of alkyl halides is 3. The van der Waals surface area contributed by atoms with E-state index in [0.717, 1.165) is 30.2 Å². The molecule has 0 aromatic heterocycles. The lowest BCUT2D eigenvalue weighted by atomic mass is 9.94. The van der Waals surface area contributed by atoms with E-state index in [1.165, 1.54) is 0 Å². The third kappa shape index (κ3) is 2.07. The molecule has 2 aliphatic heterocycles. The molecule has 0 radical (unpaired) electrons. The van der Waals surface area contributed by atoms with Crippen molar-refractivity contribution in [1.82, 2.24) is 0 Å². The maximum absolute atomic E-state index is 13.4. The molecule has 2 aromatic carbocycles. The van der Waals surface area contributed by atoms with Gasteiger partial charge in [0, 0.05) is 17.5 Å². The maximum Gasteiger partial charge on any atom is 0.419 e. The van der Waals surface area contributed by atoms with Crippen molar-refractivity contribution in [3.8, 4) is 0 Å². The molecule has 0 bridgehead atoms. The van der Waals surface area contributed by atoms with Crippen LogP contribution in [0.1, 0.15) is 30.9 Å². The van der Waals surface area contributed by atoms with E-state index < -0.39 is 18.5 Å². The zero-order valence-corrected chi connectivity index (χ0v) is 11.9. The second-order valence-corrected chi connectivity index (χ2v) is 5.93. The molecule has 2 heterocycles. The van der Waals surface area contributed by atoms with Crippen molar-refractivity contribution in [2.45, 2.75) is 37.8 Å². The quantitative estimate of drug-likeness (QED) is 0.694. The van der Waals surface area contributed by atoms with E-state index in [9.17, 15) is 13.2 Å². The van der Waals surface area contributed by atoms with E-state index in [2.05, 4.69) is 0 Å². The van der Waals surface area contributed by atoms with Crippen molar-refractivity contribution >= 4 is 16.5 Å². The fraction of sp³-hybridized carbons (Fsp3) is 0.412. The Bertz CT molecular complexity index is 713. The van der Waals surface area contributed by atoms with E-state index in [1.807, 2.05) is 29.2 Å². The van der Waals surface area contributed by atoms with Gasteiger partial charge in [-0.3, -0.25) is 0 Å². The molecule has 2 nitrogen and oxygen atoms in total. The molecular formula is C17H16F3NO. The van der Waals surface area contributed by atoms with Gasteiger partial charge in [-0.2, -0.15) is 13.2 Å². The highest BCUT2D eigenvalue weighted by Crippen LogP contribution is 2.49. The summed E-state index contributed by atoms with van der Waals surface area (Å²) in [4.78, 5) is 2.02. The fourth-order valence-electron chi connectivity index (χ4n) is 3.59. The molecule has 2 atom stereocenters. The maximum atomic E-state index is 13.4. The summed E-state index contributed by atoms with van der Waals surface area (Å²) in [7, 11) is 0. The molecule has 116 valence electrons. The van der Waals surface area contributed by atoms with Gasteiger partial charge >= 0.3 is 6.18 Å². The smallest absolute Gasteiger partial charge is 0.345 e. The van der Waals surface area contributed by atoms with Crippen molar-refractivity contribution in [2.75, 3.05) is 11.4 Å². The molecule has 0 amide bonds. The van der Waals surface area contributed by atoms with E-state index >= 15 is 0 Å². The minimum Gasteiger partial charge on any atom is -0.345 e. The van der Waals surface area contributed by atoms with Crippen LogP contribution in [0, 0.1) is 0 Å². The summed E-state index contributed by atoms with van der Waals surface area (Å²) in [6.07, 6.45) is -4.15. The summed E-state index contributed by atoms with van der Waals surface area (Å²) >= 11 is 0. The summed E-state index contributed by atoms with van der Waals surface area (Å²) in [6.45, 7) is 0.746. The van der Waals surface area contributed by atoms with Crippen molar-refractivity contribution in [3.63, 3.8) is 0 Å². The van der Waals surface area contributed by atoms with Gasteiger partial charge < -0.3 is 9.64 Å². The molecule has 0 aliphatic carbocycles. The summed E-state index contributed by atoms with van der Waals surface area (Å²) in [5.41, 5.74) is 0.945. The van der Waals surface area contributed by atoms with Crippen LogP contribution in [0.2, 0.25) is 0 Å².